The lowest BCUT2D eigenvalue weighted by Gasteiger charge is -1.97. The average molecular weight is 251 g/mol. The third-order valence-corrected chi connectivity index (χ3v) is 3.92. The first-order chi connectivity index (χ1) is 8.83. The molecule has 0 unspecified atom stereocenters. The van der Waals surface area contributed by atoms with Crippen LogP contribution in [0.25, 0.3) is 21.0 Å². The Hall–Kier alpha value is -1.93. The molecular weight excluding hydrogens is 238 g/mol. The van der Waals surface area contributed by atoms with E-state index < -0.39 is 0 Å². The summed E-state index contributed by atoms with van der Waals surface area (Å²) >= 11 is 1.74. The fourth-order valence-electron chi connectivity index (χ4n) is 1.92. The summed E-state index contributed by atoms with van der Waals surface area (Å²) in [5, 5.41) is 1.08. The minimum atomic E-state index is 1.08. The van der Waals surface area contributed by atoms with Gasteiger partial charge < -0.3 is 0 Å². The number of aryl methyl sites for hydroxylation is 1. The first-order valence-corrected chi connectivity index (χ1v) is 6.73. The topological polar surface area (TPSA) is 12.9 Å². The van der Waals surface area contributed by atoms with Gasteiger partial charge in [0.25, 0.3) is 0 Å². The molecule has 0 saturated heterocycles. The van der Waals surface area contributed by atoms with Crippen LogP contribution in [0.15, 0.2) is 60.8 Å². The summed E-state index contributed by atoms with van der Waals surface area (Å²) in [6, 6.07) is 18.8. The van der Waals surface area contributed by atoms with Crippen molar-refractivity contribution in [3.63, 3.8) is 0 Å². The van der Waals surface area contributed by atoms with Crippen LogP contribution in [0.1, 0.15) is 5.56 Å². The highest BCUT2D eigenvalue weighted by Crippen LogP contribution is 2.32. The molecule has 0 N–H and O–H groups in total. The molecule has 0 aliphatic heterocycles. The Balaban J connectivity index is 2.00. The fraction of sp³-hybridized carbons (Fsp3) is 0.0625. The number of thiazole rings is 1. The summed E-state index contributed by atoms with van der Waals surface area (Å²) in [7, 11) is 0. The van der Waals surface area contributed by atoms with Crippen LogP contribution in [0.5, 0.6) is 0 Å². The Morgan fingerprint density at radius 1 is 0.889 bits per heavy atom. The van der Waals surface area contributed by atoms with Crippen molar-refractivity contribution in [1.82, 2.24) is 4.98 Å². The Bertz CT molecular complexity index is 656. The first-order valence-electron chi connectivity index (χ1n) is 5.91. The molecule has 0 amide bonds. The largest absolute Gasteiger partial charge is 0.244 e. The fourth-order valence-corrected chi connectivity index (χ4v) is 2.84. The second-order valence-corrected chi connectivity index (χ2v) is 5.30. The van der Waals surface area contributed by atoms with Crippen molar-refractivity contribution < 1.29 is 0 Å². The molecule has 0 saturated carbocycles. The van der Waals surface area contributed by atoms with Crippen LogP contribution >= 0.6 is 11.3 Å². The minimum absolute atomic E-state index is 1.08. The maximum atomic E-state index is 4.51. The van der Waals surface area contributed by atoms with E-state index in [1.165, 1.54) is 21.6 Å². The molecule has 0 fully saturated rings. The molecule has 3 aromatic rings. The minimum Gasteiger partial charge on any atom is -0.244 e. The second kappa shape index (κ2) is 4.75. The third-order valence-electron chi connectivity index (χ3n) is 2.83. The maximum absolute atomic E-state index is 4.51. The van der Waals surface area contributed by atoms with Crippen molar-refractivity contribution in [2.75, 3.05) is 0 Å². The number of aromatic nitrogens is 1. The van der Waals surface area contributed by atoms with E-state index in [2.05, 4.69) is 48.3 Å². The van der Waals surface area contributed by atoms with Gasteiger partial charge in [0.05, 0.1) is 4.88 Å². The number of rotatable bonds is 2. The van der Waals surface area contributed by atoms with Crippen LogP contribution in [0.3, 0.4) is 0 Å². The molecular formula is C16H13NS. The van der Waals surface area contributed by atoms with E-state index in [0.717, 1.165) is 5.01 Å². The highest BCUT2D eigenvalue weighted by atomic mass is 32.1. The molecule has 1 aromatic heterocycles. The lowest BCUT2D eigenvalue weighted by molar-refractivity contribution is 1.41. The van der Waals surface area contributed by atoms with E-state index in [1.54, 1.807) is 11.3 Å². The summed E-state index contributed by atoms with van der Waals surface area (Å²) < 4.78 is 0. The van der Waals surface area contributed by atoms with Gasteiger partial charge in [0.1, 0.15) is 5.01 Å². The first kappa shape index (κ1) is 11.2. The Morgan fingerprint density at radius 2 is 1.67 bits per heavy atom. The predicted molar refractivity (Wildman–Crippen MR) is 77.7 cm³/mol. The van der Waals surface area contributed by atoms with E-state index in [1.807, 2.05) is 24.4 Å². The molecule has 2 heteroatoms. The SMILES string of the molecule is Cc1cccc(-c2cnc(-c3ccccc3)s2)c1. The summed E-state index contributed by atoms with van der Waals surface area (Å²) in [6.07, 6.45) is 1.96. The molecule has 0 bridgehead atoms. The molecule has 0 aliphatic rings. The van der Waals surface area contributed by atoms with E-state index in [4.69, 9.17) is 0 Å². The van der Waals surface area contributed by atoms with Gasteiger partial charge >= 0.3 is 0 Å². The second-order valence-electron chi connectivity index (χ2n) is 4.27. The zero-order chi connectivity index (χ0) is 12.4. The summed E-state index contributed by atoms with van der Waals surface area (Å²) in [4.78, 5) is 5.73. The lowest BCUT2D eigenvalue weighted by Crippen LogP contribution is -1.74. The zero-order valence-corrected chi connectivity index (χ0v) is 10.9. The maximum Gasteiger partial charge on any atom is 0.123 e. The molecule has 88 valence electrons. The van der Waals surface area contributed by atoms with Crippen LogP contribution in [0.4, 0.5) is 0 Å². The Morgan fingerprint density at radius 3 is 2.44 bits per heavy atom. The number of hydrogen-bond donors (Lipinski definition) is 0. The predicted octanol–water partition coefficient (Wildman–Crippen LogP) is 4.79. The molecule has 0 aliphatic carbocycles. The van der Waals surface area contributed by atoms with Gasteiger partial charge in [-0.1, -0.05) is 60.2 Å². The number of benzene rings is 2. The molecule has 2 aromatic carbocycles. The summed E-state index contributed by atoms with van der Waals surface area (Å²) in [6.45, 7) is 2.11. The van der Waals surface area contributed by atoms with E-state index in [-0.39, 0.29) is 0 Å². The number of nitrogens with zero attached hydrogens (tertiary/aromatic N) is 1. The van der Waals surface area contributed by atoms with Crippen molar-refractivity contribution in [1.29, 1.82) is 0 Å². The van der Waals surface area contributed by atoms with Crippen molar-refractivity contribution in [2.45, 2.75) is 6.92 Å². The third kappa shape index (κ3) is 2.20. The van der Waals surface area contributed by atoms with Gasteiger partial charge in [0.15, 0.2) is 0 Å². The van der Waals surface area contributed by atoms with Gasteiger partial charge in [-0.3, -0.25) is 0 Å². The Kier molecular flexibility index (Phi) is 2.95. The Labute approximate surface area is 111 Å². The van der Waals surface area contributed by atoms with Gasteiger partial charge in [-0.25, -0.2) is 4.98 Å². The lowest BCUT2D eigenvalue weighted by atomic mass is 10.1. The molecule has 1 nitrogen and oxygen atoms in total. The van der Waals surface area contributed by atoms with Crippen molar-refractivity contribution in [2.24, 2.45) is 0 Å². The normalized spacial score (nSPS) is 10.5. The van der Waals surface area contributed by atoms with Crippen LogP contribution in [0.2, 0.25) is 0 Å². The smallest absolute Gasteiger partial charge is 0.123 e. The van der Waals surface area contributed by atoms with Crippen LogP contribution in [0, 0.1) is 6.92 Å². The zero-order valence-electron chi connectivity index (χ0n) is 10.1. The standard InChI is InChI=1S/C16H13NS/c1-12-6-5-9-14(10-12)15-11-17-16(18-15)13-7-3-2-4-8-13/h2-11H,1H3. The van der Waals surface area contributed by atoms with Crippen molar-refractivity contribution in [3.05, 3.63) is 66.4 Å². The molecule has 3 rings (SSSR count). The highest BCUT2D eigenvalue weighted by molar-refractivity contribution is 7.18. The molecule has 0 spiro atoms. The molecule has 1 heterocycles. The molecule has 18 heavy (non-hydrogen) atoms. The summed E-state index contributed by atoms with van der Waals surface area (Å²) in [5.74, 6) is 0. The quantitative estimate of drug-likeness (QED) is 0.638. The van der Waals surface area contributed by atoms with Crippen molar-refractivity contribution in [3.8, 4) is 21.0 Å². The van der Waals surface area contributed by atoms with Crippen LogP contribution in [-0.2, 0) is 0 Å². The molecule has 0 atom stereocenters. The van der Waals surface area contributed by atoms with Gasteiger partial charge in [-0.05, 0) is 12.5 Å². The number of hydrogen-bond acceptors (Lipinski definition) is 2. The highest BCUT2D eigenvalue weighted by Gasteiger charge is 2.05. The van der Waals surface area contributed by atoms with E-state index >= 15 is 0 Å². The van der Waals surface area contributed by atoms with Crippen LogP contribution in [-0.4, -0.2) is 4.98 Å². The molecule has 0 radical (unpaired) electrons. The summed E-state index contributed by atoms with van der Waals surface area (Å²) in [5.41, 5.74) is 3.71. The van der Waals surface area contributed by atoms with Gasteiger partial charge in [-0.15, -0.1) is 11.3 Å². The average Bonchev–Trinajstić information content (AvgIpc) is 2.89. The monoisotopic (exact) mass is 251 g/mol. The van der Waals surface area contributed by atoms with Gasteiger partial charge in [-0.2, -0.15) is 0 Å². The van der Waals surface area contributed by atoms with Crippen molar-refractivity contribution >= 4 is 11.3 Å². The van der Waals surface area contributed by atoms with Crippen LogP contribution < -0.4 is 0 Å². The van der Waals surface area contributed by atoms with Gasteiger partial charge in [0, 0.05) is 11.8 Å². The van der Waals surface area contributed by atoms with Gasteiger partial charge in [0.2, 0.25) is 0 Å². The van der Waals surface area contributed by atoms with E-state index in [9.17, 15) is 0 Å². The van der Waals surface area contributed by atoms with E-state index in [0.29, 0.717) is 0 Å².